The molecule has 2 saturated heterocycles. The van der Waals surface area contributed by atoms with Gasteiger partial charge in [0, 0.05) is 32.2 Å². The van der Waals surface area contributed by atoms with E-state index in [1.54, 1.807) is 11.0 Å². The van der Waals surface area contributed by atoms with E-state index in [9.17, 15) is 9.59 Å². The second-order valence-electron chi connectivity index (χ2n) is 8.44. The molecule has 1 aromatic rings. The first-order valence-corrected chi connectivity index (χ1v) is 10.8. The number of furan rings is 1. The fourth-order valence-corrected chi connectivity index (χ4v) is 4.52. The third-order valence-corrected chi connectivity index (χ3v) is 6.21. The first-order valence-electron chi connectivity index (χ1n) is 10.8. The Labute approximate surface area is 168 Å². The summed E-state index contributed by atoms with van der Waals surface area (Å²) in [5.74, 6) is 1.35. The smallest absolute Gasteiger partial charge is 0.257 e. The first kappa shape index (κ1) is 20.9. The molecular weight excluding hydrogens is 354 g/mol. The second-order valence-corrected chi connectivity index (χ2v) is 8.44. The molecule has 2 atom stereocenters. The summed E-state index contributed by atoms with van der Waals surface area (Å²) in [6, 6.07) is 2.46. The summed E-state index contributed by atoms with van der Waals surface area (Å²) < 4.78 is 5.49. The summed E-state index contributed by atoms with van der Waals surface area (Å²) in [6.45, 7) is 10.1. The van der Waals surface area contributed by atoms with E-state index in [0.29, 0.717) is 37.0 Å². The molecule has 0 spiro atoms. The van der Waals surface area contributed by atoms with Crippen LogP contribution in [-0.2, 0) is 4.79 Å². The minimum atomic E-state index is -0.111. The summed E-state index contributed by atoms with van der Waals surface area (Å²) in [6.07, 6.45) is 6.61. The number of nitrogens with one attached hydrogen (secondary N) is 1. The van der Waals surface area contributed by atoms with Crippen LogP contribution in [0, 0.1) is 19.8 Å². The number of likely N-dealkylation sites (tertiary alicyclic amines) is 2. The molecule has 2 amide bonds. The Kier molecular flexibility index (Phi) is 7.16. The summed E-state index contributed by atoms with van der Waals surface area (Å²) in [4.78, 5) is 29.7. The lowest BCUT2D eigenvalue weighted by Gasteiger charge is -2.33. The van der Waals surface area contributed by atoms with Gasteiger partial charge in [0.1, 0.15) is 11.5 Å². The minimum Gasteiger partial charge on any atom is -0.466 e. The number of carbonyl (C=O) groups is 2. The number of piperidine rings is 2. The molecule has 0 aliphatic carbocycles. The average molecular weight is 390 g/mol. The standard InChI is InChI=1S/C22H35N3O3/c1-16-8-4-5-11-24(16)13-7-10-23-21(26)19-9-6-12-25(15-19)22(27)20-14-17(2)28-18(20)3/h14,16,19H,4-13,15H2,1-3H3,(H,23,26). The second kappa shape index (κ2) is 9.59. The Hall–Kier alpha value is -1.82. The number of amides is 2. The van der Waals surface area contributed by atoms with Gasteiger partial charge < -0.3 is 19.5 Å². The Morgan fingerprint density at radius 3 is 2.71 bits per heavy atom. The monoisotopic (exact) mass is 389 g/mol. The molecule has 6 heteroatoms. The van der Waals surface area contributed by atoms with E-state index in [-0.39, 0.29) is 17.7 Å². The van der Waals surface area contributed by atoms with Gasteiger partial charge in [0.25, 0.3) is 5.91 Å². The summed E-state index contributed by atoms with van der Waals surface area (Å²) >= 11 is 0. The van der Waals surface area contributed by atoms with Gasteiger partial charge in [-0.25, -0.2) is 0 Å². The zero-order chi connectivity index (χ0) is 20.1. The summed E-state index contributed by atoms with van der Waals surface area (Å²) in [5, 5.41) is 3.10. The average Bonchev–Trinajstić information content (AvgIpc) is 3.04. The zero-order valence-corrected chi connectivity index (χ0v) is 17.6. The van der Waals surface area contributed by atoms with Gasteiger partial charge in [-0.2, -0.15) is 0 Å². The van der Waals surface area contributed by atoms with Gasteiger partial charge in [-0.15, -0.1) is 0 Å². The predicted molar refractivity (Wildman–Crippen MR) is 109 cm³/mol. The van der Waals surface area contributed by atoms with Crippen molar-refractivity contribution in [1.29, 1.82) is 0 Å². The van der Waals surface area contributed by atoms with E-state index in [1.807, 2.05) is 13.8 Å². The fourth-order valence-electron chi connectivity index (χ4n) is 4.52. The molecule has 3 rings (SSSR count). The molecule has 2 fully saturated rings. The van der Waals surface area contributed by atoms with E-state index < -0.39 is 0 Å². The van der Waals surface area contributed by atoms with Crippen LogP contribution in [0.2, 0.25) is 0 Å². The van der Waals surface area contributed by atoms with Crippen molar-refractivity contribution in [1.82, 2.24) is 15.1 Å². The highest BCUT2D eigenvalue weighted by Crippen LogP contribution is 2.22. The lowest BCUT2D eigenvalue weighted by molar-refractivity contribution is -0.126. The van der Waals surface area contributed by atoms with Gasteiger partial charge in [0.2, 0.25) is 5.91 Å². The highest BCUT2D eigenvalue weighted by Gasteiger charge is 2.30. The normalized spacial score (nSPS) is 23.6. The molecule has 2 aliphatic rings. The van der Waals surface area contributed by atoms with E-state index in [1.165, 1.54) is 25.8 Å². The number of nitrogens with zero attached hydrogens (tertiary/aromatic N) is 2. The number of hydrogen-bond acceptors (Lipinski definition) is 4. The molecular formula is C22H35N3O3. The third-order valence-electron chi connectivity index (χ3n) is 6.21. The molecule has 1 aromatic heterocycles. The van der Waals surface area contributed by atoms with Crippen molar-refractivity contribution in [2.45, 2.75) is 65.3 Å². The molecule has 6 nitrogen and oxygen atoms in total. The van der Waals surface area contributed by atoms with Crippen LogP contribution in [0.15, 0.2) is 10.5 Å². The Morgan fingerprint density at radius 1 is 1.18 bits per heavy atom. The quantitative estimate of drug-likeness (QED) is 0.759. The maximum absolute atomic E-state index is 12.8. The van der Waals surface area contributed by atoms with E-state index in [0.717, 1.165) is 31.6 Å². The van der Waals surface area contributed by atoms with E-state index in [4.69, 9.17) is 4.42 Å². The van der Waals surface area contributed by atoms with Crippen LogP contribution >= 0.6 is 0 Å². The van der Waals surface area contributed by atoms with Gasteiger partial charge in [-0.3, -0.25) is 9.59 Å². The van der Waals surface area contributed by atoms with E-state index in [2.05, 4.69) is 17.1 Å². The molecule has 156 valence electrons. The van der Waals surface area contributed by atoms with Gasteiger partial charge in [-0.1, -0.05) is 6.42 Å². The largest absolute Gasteiger partial charge is 0.466 e. The summed E-state index contributed by atoms with van der Waals surface area (Å²) in [7, 11) is 0. The highest BCUT2D eigenvalue weighted by molar-refractivity contribution is 5.95. The van der Waals surface area contributed by atoms with Crippen molar-refractivity contribution >= 4 is 11.8 Å². The Morgan fingerprint density at radius 2 is 2.00 bits per heavy atom. The SMILES string of the molecule is Cc1cc(C(=O)N2CCCC(C(=O)NCCCN3CCCCC3C)C2)c(C)o1. The van der Waals surface area contributed by atoms with Crippen LogP contribution in [0.1, 0.15) is 67.3 Å². The Bertz CT molecular complexity index is 685. The molecule has 0 bridgehead atoms. The number of aryl methyl sites for hydroxylation is 2. The molecule has 2 unspecified atom stereocenters. The zero-order valence-electron chi connectivity index (χ0n) is 17.6. The number of carbonyl (C=O) groups excluding carboxylic acids is 2. The van der Waals surface area contributed by atoms with E-state index >= 15 is 0 Å². The molecule has 1 N–H and O–H groups in total. The van der Waals surface area contributed by atoms with Crippen molar-refractivity contribution in [3.05, 3.63) is 23.2 Å². The van der Waals surface area contributed by atoms with Crippen LogP contribution in [0.25, 0.3) is 0 Å². The van der Waals surface area contributed by atoms with Crippen molar-refractivity contribution in [3.63, 3.8) is 0 Å². The van der Waals surface area contributed by atoms with Crippen LogP contribution in [0.5, 0.6) is 0 Å². The van der Waals surface area contributed by atoms with Gasteiger partial charge >= 0.3 is 0 Å². The van der Waals surface area contributed by atoms with Gasteiger partial charge in [0.15, 0.2) is 0 Å². The topological polar surface area (TPSA) is 65.8 Å². The Balaban J connectivity index is 1.44. The lowest BCUT2D eigenvalue weighted by atomic mass is 9.96. The number of hydrogen-bond donors (Lipinski definition) is 1. The maximum atomic E-state index is 12.8. The minimum absolute atomic E-state index is 0.0223. The van der Waals surface area contributed by atoms with Crippen molar-refractivity contribution in [2.24, 2.45) is 5.92 Å². The molecule has 0 radical (unpaired) electrons. The van der Waals surface area contributed by atoms with Gasteiger partial charge in [-0.05, 0) is 65.5 Å². The van der Waals surface area contributed by atoms with Crippen LogP contribution in [0.4, 0.5) is 0 Å². The third kappa shape index (κ3) is 5.16. The van der Waals surface area contributed by atoms with Crippen molar-refractivity contribution < 1.29 is 14.0 Å². The first-order chi connectivity index (χ1) is 13.5. The van der Waals surface area contributed by atoms with Crippen molar-refractivity contribution in [3.8, 4) is 0 Å². The number of rotatable bonds is 6. The highest BCUT2D eigenvalue weighted by atomic mass is 16.3. The lowest BCUT2D eigenvalue weighted by Crippen LogP contribution is -2.46. The summed E-state index contributed by atoms with van der Waals surface area (Å²) in [5.41, 5.74) is 0.620. The predicted octanol–water partition coefficient (Wildman–Crippen LogP) is 3.13. The fraction of sp³-hybridized carbons (Fsp3) is 0.727. The molecule has 3 heterocycles. The maximum Gasteiger partial charge on any atom is 0.257 e. The molecule has 2 aliphatic heterocycles. The van der Waals surface area contributed by atoms with Crippen LogP contribution in [0.3, 0.4) is 0 Å². The van der Waals surface area contributed by atoms with Crippen LogP contribution < -0.4 is 5.32 Å². The molecule has 28 heavy (non-hydrogen) atoms. The van der Waals surface area contributed by atoms with Gasteiger partial charge in [0.05, 0.1) is 11.5 Å². The molecule has 0 saturated carbocycles. The molecule has 0 aromatic carbocycles. The van der Waals surface area contributed by atoms with Crippen LogP contribution in [-0.4, -0.2) is 60.4 Å². The van der Waals surface area contributed by atoms with Crippen molar-refractivity contribution in [2.75, 3.05) is 32.7 Å².